The van der Waals surface area contributed by atoms with E-state index in [1.165, 1.54) is 18.4 Å². The zero-order valence-electron chi connectivity index (χ0n) is 15.6. The Morgan fingerprint density at radius 2 is 1.96 bits per heavy atom. The SMILES string of the molecule is COc1cc(C2CC(=O)Nc3n[nH]cc32)ccc1Oc1cccc(C2CC2)c1. The van der Waals surface area contributed by atoms with Gasteiger partial charge in [0, 0.05) is 24.1 Å². The van der Waals surface area contributed by atoms with E-state index in [4.69, 9.17) is 9.47 Å². The lowest BCUT2D eigenvalue weighted by Crippen LogP contribution is -2.22. The standard InChI is InChI=1S/C22H21N3O3/c1-27-20-10-15(17-11-21(26)24-22-18(17)12-23-25-22)7-8-19(20)28-16-4-2-3-14(9-16)13-5-6-13/h2-4,7-10,12-13,17H,5-6,11H2,1H3,(H2,23,24,25,26). The number of nitrogens with zero attached hydrogens (tertiary/aromatic N) is 1. The molecule has 0 saturated heterocycles. The highest BCUT2D eigenvalue weighted by Crippen LogP contribution is 2.43. The van der Waals surface area contributed by atoms with Gasteiger partial charge in [0.1, 0.15) is 5.75 Å². The van der Waals surface area contributed by atoms with Crippen LogP contribution in [0.25, 0.3) is 0 Å². The number of carbonyl (C=O) groups is 1. The van der Waals surface area contributed by atoms with Gasteiger partial charge in [-0.25, -0.2) is 0 Å². The second-order valence-corrected chi connectivity index (χ2v) is 7.35. The normalized spacial score (nSPS) is 18.3. The van der Waals surface area contributed by atoms with Crippen LogP contribution < -0.4 is 14.8 Å². The van der Waals surface area contributed by atoms with Gasteiger partial charge in [-0.05, 0) is 54.2 Å². The Balaban J connectivity index is 1.44. The number of anilines is 1. The molecule has 2 aromatic carbocycles. The van der Waals surface area contributed by atoms with Gasteiger partial charge in [-0.1, -0.05) is 18.2 Å². The summed E-state index contributed by atoms with van der Waals surface area (Å²) in [7, 11) is 1.63. The van der Waals surface area contributed by atoms with Gasteiger partial charge in [-0.3, -0.25) is 9.89 Å². The topological polar surface area (TPSA) is 76.2 Å². The molecule has 142 valence electrons. The van der Waals surface area contributed by atoms with Crippen LogP contribution in [0.4, 0.5) is 5.82 Å². The van der Waals surface area contributed by atoms with Crippen LogP contribution in [0.1, 0.15) is 47.8 Å². The van der Waals surface area contributed by atoms with Gasteiger partial charge < -0.3 is 14.8 Å². The molecule has 1 unspecified atom stereocenters. The van der Waals surface area contributed by atoms with E-state index >= 15 is 0 Å². The van der Waals surface area contributed by atoms with Crippen molar-refractivity contribution in [3.05, 3.63) is 65.4 Å². The molecule has 0 bridgehead atoms. The fourth-order valence-corrected chi connectivity index (χ4v) is 3.80. The Hall–Kier alpha value is -3.28. The third kappa shape index (κ3) is 3.11. The molecule has 6 heteroatoms. The summed E-state index contributed by atoms with van der Waals surface area (Å²) in [5, 5.41) is 9.74. The summed E-state index contributed by atoms with van der Waals surface area (Å²) in [6.07, 6.45) is 4.72. The molecule has 0 radical (unpaired) electrons. The third-order valence-electron chi connectivity index (χ3n) is 5.42. The predicted octanol–water partition coefficient (Wildman–Crippen LogP) is 4.56. The van der Waals surface area contributed by atoms with E-state index < -0.39 is 0 Å². The number of carbonyl (C=O) groups excluding carboxylic acids is 1. The number of fused-ring (bicyclic) bond motifs is 1. The van der Waals surface area contributed by atoms with Crippen molar-refractivity contribution in [2.75, 3.05) is 12.4 Å². The number of aromatic amines is 1. The number of amides is 1. The first-order chi connectivity index (χ1) is 13.7. The van der Waals surface area contributed by atoms with E-state index in [0.29, 0.717) is 29.7 Å². The van der Waals surface area contributed by atoms with Gasteiger partial charge >= 0.3 is 0 Å². The summed E-state index contributed by atoms with van der Waals surface area (Å²) < 4.78 is 11.7. The lowest BCUT2D eigenvalue weighted by Gasteiger charge is -2.23. The summed E-state index contributed by atoms with van der Waals surface area (Å²) in [6, 6.07) is 14.1. The predicted molar refractivity (Wildman–Crippen MR) is 105 cm³/mol. The fourth-order valence-electron chi connectivity index (χ4n) is 3.80. The van der Waals surface area contributed by atoms with Crippen molar-refractivity contribution in [3.8, 4) is 17.2 Å². The van der Waals surface area contributed by atoms with Gasteiger partial charge in [-0.2, -0.15) is 5.10 Å². The molecule has 1 saturated carbocycles. The molecule has 6 nitrogen and oxygen atoms in total. The van der Waals surface area contributed by atoms with Crippen LogP contribution in [-0.4, -0.2) is 23.2 Å². The van der Waals surface area contributed by atoms with Crippen LogP contribution in [0.5, 0.6) is 17.2 Å². The maximum atomic E-state index is 12.0. The quantitative estimate of drug-likeness (QED) is 0.685. The van der Waals surface area contributed by atoms with Gasteiger partial charge in [0.2, 0.25) is 5.91 Å². The molecule has 3 aromatic rings. The molecule has 2 aliphatic rings. The number of ether oxygens (including phenoxy) is 2. The van der Waals surface area contributed by atoms with Gasteiger partial charge in [-0.15, -0.1) is 0 Å². The zero-order valence-corrected chi connectivity index (χ0v) is 15.6. The van der Waals surface area contributed by atoms with Crippen LogP contribution in [0, 0.1) is 0 Å². The average Bonchev–Trinajstić information content (AvgIpc) is 3.46. The maximum Gasteiger partial charge on any atom is 0.226 e. The van der Waals surface area contributed by atoms with Crippen molar-refractivity contribution in [1.82, 2.24) is 10.2 Å². The third-order valence-corrected chi connectivity index (χ3v) is 5.42. The van der Waals surface area contributed by atoms with E-state index in [0.717, 1.165) is 16.9 Å². The van der Waals surface area contributed by atoms with Crippen molar-refractivity contribution in [2.45, 2.75) is 31.1 Å². The molecule has 1 aliphatic carbocycles. The average molecular weight is 375 g/mol. The molecule has 1 amide bonds. The lowest BCUT2D eigenvalue weighted by atomic mass is 9.87. The fraction of sp³-hybridized carbons (Fsp3) is 0.273. The summed E-state index contributed by atoms with van der Waals surface area (Å²) in [4.78, 5) is 12.0. The summed E-state index contributed by atoms with van der Waals surface area (Å²) in [5.74, 6) is 3.28. The Morgan fingerprint density at radius 3 is 2.79 bits per heavy atom. The van der Waals surface area contributed by atoms with Gasteiger partial charge in [0.15, 0.2) is 17.3 Å². The van der Waals surface area contributed by atoms with Crippen LogP contribution >= 0.6 is 0 Å². The number of methoxy groups -OCH3 is 1. The Morgan fingerprint density at radius 1 is 1.07 bits per heavy atom. The maximum absolute atomic E-state index is 12.0. The van der Waals surface area contributed by atoms with Gasteiger partial charge in [0.05, 0.1) is 7.11 Å². The molecule has 1 atom stereocenters. The van der Waals surface area contributed by atoms with E-state index in [2.05, 4.69) is 27.6 Å². The van der Waals surface area contributed by atoms with Crippen molar-refractivity contribution in [2.24, 2.45) is 0 Å². The number of aromatic nitrogens is 2. The Labute approximate surface area is 162 Å². The van der Waals surface area contributed by atoms with E-state index in [1.54, 1.807) is 7.11 Å². The molecule has 1 aliphatic heterocycles. The smallest absolute Gasteiger partial charge is 0.226 e. The molecule has 0 spiro atoms. The second kappa shape index (κ2) is 6.71. The van der Waals surface area contributed by atoms with E-state index in [-0.39, 0.29) is 11.8 Å². The second-order valence-electron chi connectivity index (χ2n) is 7.35. The van der Waals surface area contributed by atoms with Crippen molar-refractivity contribution >= 4 is 11.7 Å². The highest BCUT2D eigenvalue weighted by Gasteiger charge is 2.29. The van der Waals surface area contributed by atoms with E-state index in [1.807, 2.05) is 36.5 Å². The molecule has 1 aromatic heterocycles. The minimum Gasteiger partial charge on any atom is -0.493 e. The number of H-pyrrole nitrogens is 1. The van der Waals surface area contributed by atoms with Crippen LogP contribution in [0.2, 0.25) is 0 Å². The lowest BCUT2D eigenvalue weighted by molar-refractivity contribution is -0.116. The molecule has 2 N–H and O–H groups in total. The van der Waals surface area contributed by atoms with Crippen LogP contribution in [-0.2, 0) is 4.79 Å². The monoisotopic (exact) mass is 375 g/mol. The molecule has 2 heterocycles. The van der Waals surface area contributed by atoms with E-state index in [9.17, 15) is 4.79 Å². The molecular formula is C22H21N3O3. The first-order valence-corrected chi connectivity index (χ1v) is 9.50. The highest BCUT2D eigenvalue weighted by atomic mass is 16.5. The van der Waals surface area contributed by atoms with Crippen LogP contribution in [0.15, 0.2) is 48.7 Å². The van der Waals surface area contributed by atoms with Crippen molar-refractivity contribution in [1.29, 1.82) is 0 Å². The van der Waals surface area contributed by atoms with Crippen LogP contribution in [0.3, 0.4) is 0 Å². The largest absolute Gasteiger partial charge is 0.493 e. The first kappa shape index (κ1) is 16.9. The zero-order chi connectivity index (χ0) is 19.1. The summed E-state index contributed by atoms with van der Waals surface area (Å²) in [5.41, 5.74) is 3.30. The Bertz CT molecular complexity index is 1040. The number of nitrogens with one attached hydrogen (secondary N) is 2. The number of hydrogen-bond donors (Lipinski definition) is 2. The molecule has 28 heavy (non-hydrogen) atoms. The highest BCUT2D eigenvalue weighted by molar-refractivity contribution is 5.94. The molecule has 5 rings (SSSR count). The Kier molecular flexibility index (Phi) is 4.04. The number of hydrogen-bond acceptors (Lipinski definition) is 4. The number of rotatable bonds is 5. The molecular weight excluding hydrogens is 354 g/mol. The van der Waals surface area contributed by atoms with Crippen molar-refractivity contribution < 1.29 is 14.3 Å². The summed E-state index contributed by atoms with van der Waals surface area (Å²) >= 11 is 0. The summed E-state index contributed by atoms with van der Waals surface area (Å²) in [6.45, 7) is 0. The minimum atomic E-state index is -0.0661. The van der Waals surface area contributed by atoms with Gasteiger partial charge in [0.25, 0.3) is 0 Å². The minimum absolute atomic E-state index is 0.0409. The van der Waals surface area contributed by atoms with Crippen molar-refractivity contribution in [3.63, 3.8) is 0 Å². The molecule has 1 fully saturated rings. The number of benzene rings is 2. The first-order valence-electron chi connectivity index (χ1n) is 9.50.